The van der Waals surface area contributed by atoms with Crippen LogP contribution in [-0.4, -0.2) is 5.60 Å². The van der Waals surface area contributed by atoms with Crippen molar-refractivity contribution in [1.29, 1.82) is 0 Å². The molecule has 0 unspecified atom stereocenters. The second kappa shape index (κ2) is 4.52. The third kappa shape index (κ3) is 1.93. The highest BCUT2D eigenvalue weighted by molar-refractivity contribution is 5.69. The molecule has 0 aromatic heterocycles. The molecule has 1 atom stereocenters. The molecule has 0 saturated carbocycles. The molecule has 0 saturated heterocycles. The molecule has 21 heavy (non-hydrogen) atoms. The van der Waals surface area contributed by atoms with Crippen molar-refractivity contribution in [3.63, 3.8) is 0 Å². The van der Waals surface area contributed by atoms with Crippen molar-refractivity contribution in [2.75, 3.05) is 5.73 Å². The Morgan fingerprint density at radius 1 is 0.952 bits per heavy atom. The second-order valence-corrected chi connectivity index (χ2v) is 6.58. The number of nitrogen functional groups attached to an aromatic ring is 1. The van der Waals surface area contributed by atoms with Gasteiger partial charge in [0, 0.05) is 11.3 Å². The molecule has 2 N–H and O–H groups in total. The monoisotopic (exact) mass is 281 g/mol. The first kappa shape index (κ1) is 14.0. The zero-order chi connectivity index (χ0) is 15.4. The maximum atomic E-state index is 6.35. The Hall–Kier alpha value is -1.96. The van der Waals surface area contributed by atoms with Gasteiger partial charge in [-0.25, -0.2) is 0 Å². The maximum Gasteiger partial charge on any atom is 0.127 e. The number of fused-ring (bicyclic) bond motifs is 1. The number of rotatable bonds is 1. The van der Waals surface area contributed by atoms with E-state index < -0.39 is 0 Å². The standard InChI is InChI=1S/C19H23NO/c1-11-12(2)18-15(13(3)17(11)20)16(19(4,5)21-18)14-9-7-6-8-10-14/h6-10,16H,20H2,1-5H3/t16-/m0/s1. The molecule has 2 heteroatoms. The van der Waals surface area contributed by atoms with Crippen molar-refractivity contribution in [3.05, 3.63) is 58.1 Å². The first-order valence-corrected chi connectivity index (χ1v) is 7.47. The fourth-order valence-electron chi connectivity index (χ4n) is 3.53. The summed E-state index contributed by atoms with van der Waals surface area (Å²) in [6, 6.07) is 10.6. The van der Waals surface area contributed by atoms with E-state index in [4.69, 9.17) is 10.5 Å². The minimum Gasteiger partial charge on any atom is -0.486 e. The van der Waals surface area contributed by atoms with Gasteiger partial charge in [-0.3, -0.25) is 0 Å². The lowest BCUT2D eigenvalue weighted by Crippen LogP contribution is -2.31. The lowest BCUT2D eigenvalue weighted by Gasteiger charge is -2.27. The van der Waals surface area contributed by atoms with Crippen molar-refractivity contribution < 1.29 is 4.74 Å². The highest BCUT2D eigenvalue weighted by Crippen LogP contribution is 2.52. The van der Waals surface area contributed by atoms with Gasteiger partial charge in [-0.05, 0) is 56.9 Å². The Balaban J connectivity index is 2.31. The molecule has 0 aliphatic carbocycles. The average molecular weight is 281 g/mol. The number of anilines is 1. The smallest absolute Gasteiger partial charge is 0.127 e. The van der Waals surface area contributed by atoms with Crippen molar-refractivity contribution >= 4 is 5.69 Å². The third-order valence-corrected chi connectivity index (χ3v) is 4.84. The Morgan fingerprint density at radius 3 is 2.19 bits per heavy atom. The lowest BCUT2D eigenvalue weighted by atomic mass is 9.78. The maximum absolute atomic E-state index is 6.35. The first-order valence-electron chi connectivity index (χ1n) is 7.47. The van der Waals surface area contributed by atoms with Gasteiger partial charge in [0.2, 0.25) is 0 Å². The van der Waals surface area contributed by atoms with Gasteiger partial charge in [0.15, 0.2) is 0 Å². The first-order chi connectivity index (χ1) is 9.84. The number of hydrogen-bond donors (Lipinski definition) is 1. The van der Waals surface area contributed by atoms with Gasteiger partial charge in [-0.15, -0.1) is 0 Å². The number of benzene rings is 2. The zero-order valence-electron chi connectivity index (χ0n) is 13.4. The van der Waals surface area contributed by atoms with Gasteiger partial charge in [0.25, 0.3) is 0 Å². The van der Waals surface area contributed by atoms with Crippen LogP contribution in [0.25, 0.3) is 0 Å². The van der Waals surface area contributed by atoms with E-state index in [1.165, 1.54) is 16.7 Å². The van der Waals surface area contributed by atoms with Crippen molar-refractivity contribution in [2.45, 2.75) is 46.1 Å². The minimum absolute atomic E-state index is 0.218. The van der Waals surface area contributed by atoms with Crippen LogP contribution in [0.3, 0.4) is 0 Å². The summed E-state index contributed by atoms with van der Waals surface area (Å²) < 4.78 is 6.35. The Morgan fingerprint density at radius 2 is 1.57 bits per heavy atom. The van der Waals surface area contributed by atoms with Gasteiger partial charge in [-0.2, -0.15) is 0 Å². The van der Waals surface area contributed by atoms with Crippen LogP contribution in [0, 0.1) is 20.8 Å². The quantitative estimate of drug-likeness (QED) is 0.781. The molecular weight excluding hydrogens is 258 g/mol. The molecule has 1 heterocycles. The highest BCUT2D eigenvalue weighted by Gasteiger charge is 2.44. The summed E-state index contributed by atoms with van der Waals surface area (Å²) in [5.74, 6) is 1.24. The molecule has 0 spiro atoms. The molecule has 2 nitrogen and oxygen atoms in total. The second-order valence-electron chi connectivity index (χ2n) is 6.58. The Bertz CT molecular complexity index is 701. The molecule has 0 amide bonds. The van der Waals surface area contributed by atoms with E-state index in [-0.39, 0.29) is 11.5 Å². The van der Waals surface area contributed by atoms with Crippen LogP contribution >= 0.6 is 0 Å². The molecule has 0 bridgehead atoms. The SMILES string of the molecule is Cc1c(C)c2c(c(C)c1N)[C@H](c1ccccc1)C(C)(C)O2. The van der Waals surface area contributed by atoms with Gasteiger partial charge in [-0.1, -0.05) is 30.3 Å². The Kier molecular flexibility index (Phi) is 3.01. The lowest BCUT2D eigenvalue weighted by molar-refractivity contribution is 0.121. The van der Waals surface area contributed by atoms with Crippen LogP contribution in [-0.2, 0) is 0 Å². The van der Waals surface area contributed by atoms with Crippen LogP contribution < -0.4 is 10.5 Å². The number of ether oxygens (including phenoxy) is 1. The average Bonchev–Trinajstić information content (AvgIpc) is 2.75. The van der Waals surface area contributed by atoms with Gasteiger partial charge in [0.1, 0.15) is 11.4 Å². The van der Waals surface area contributed by atoms with Crippen LogP contribution in [0.5, 0.6) is 5.75 Å². The van der Waals surface area contributed by atoms with Crippen LogP contribution in [0.2, 0.25) is 0 Å². The molecule has 0 fully saturated rings. The van der Waals surface area contributed by atoms with E-state index in [0.29, 0.717) is 0 Å². The topological polar surface area (TPSA) is 35.2 Å². The molecule has 0 radical (unpaired) electrons. The van der Waals surface area contributed by atoms with Crippen molar-refractivity contribution in [1.82, 2.24) is 0 Å². The molecule has 1 aliphatic heterocycles. The summed E-state index contributed by atoms with van der Waals surface area (Å²) in [7, 11) is 0. The van der Waals surface area contributed by atoms with Gasteiger partial charge < -0.3 is 10.5 Å². The van der Waals surface area contributed by atoms with Gasteiger partial charge >= 0.3 is 0 Å². The normalized spacial score (nSPS) is 19.2. The summed E-state index contributed by atoms with van der Waals surface area (Å²) in [6.07, 6.45) is 0. The predicted octanol–water partition coefficient (Wildman–Crippen LogP) is 4.50. The van der Waals surface area contributed by atoms with Crippen molar-refractivity contribution in [3.8, 4) is 5.75 Å². The molecule has 1 aliphatic rings. The fraction of sp³-hybridized carbons (Fsp3) is 0.368. The Labute approximate surface area is 126 Å². The molecule has 2 aromatic carbocycles. The van der Waals surface area contributed by atoms with E-state index >= 15 is 0 Å². The zero-order valence-corrected chi connectivity index (χ0v) is 13.4. The molecule has 3 rings (SSSR count). The molecular formula is C19H23NO. The molecule has 110 valence electrons. The number of nitrogens with two attached hydrogens (primary N) is 1. The summed E-state index contributed by atoms with van der Waals surface area (Å²) in [6.45, 7) is 10.6. The highest BCUT2D eigenvalue weighted by atomic mass is 16.5. The largest absolute Gasteiger partial charge is 0.486 e. The van der Waals surface area contributed by atoms with Crippen LogP contribution in [0.4, 0.5) is 5.69 Å². The van der Waals surface area contributed by atoms with E-state index in [9.17, 15) is 0 Å². The van der Waals surface area contributed by atoms with Gasteiger partial charge in [0.05, 0.1) is 5.92 Å². The van der Waals surface area contributed by atoms with E-state index in [2.05, 4.69) is 65.0 Å². The third-order valence-electron chi connectivity index (χ3n) is 4.84. The summed E-state index contributed by atoms with van der Waals surface area (Å²) in [5, 5.41) is 0. The summed E-state index contributed by atoms with van der Waals surface area (Å²) in [4.78, 5) is 0. The summed E-state index contributed by atoms with van der Waals surface area (Å²) >= 11 is 0. The van der Waals surface area contributed by atoms with E-state index in [0.717, 1.165) is 22.6 Å². The number of hydrogen-bond acceptors (Lipinski definition) is 2. The fourth-order valence-corrected chi connectivity index (χ4v) is 3.53. The predicted molar refractivity (Wildman–Crippen MR) is 88.1 cm³/mol. The van der Waals surface area contributed by atoms with Crippen molar-refractivity contribution in [2.24, 2.45) is 0 Å². The van der Waals surface area contributed by atoms with Crippen LogP contribution in [0.1, 0.15) is 47.6 Å². The van der Waals surface area contributed by atoms with E-state index in [1.807, 2.05) is 0 Å². The van der Waals surface area contributed by atoms with E-state index in [1.54, 1.807) is 0 Å². The summed E-state index contributed by atoms with van der Waals surface area (Å²) in [5.41, 5.74) is 13.0. The minimum atomic E-state index is -0.264. The van der Waals surface area contributed by atoms with Crippen LogP contribution in [0.15, 0.2) is 30.3 Å². The molecule has 2 aromatic rings.